The summed E-state index contributed by atoms with van der Waals surface area (Å²) in [7, 11) is 0. The average Bonchev–Trinajstić information content (AvgIpc) is 2.74. The highest BCUT2D eigenvalue weighted by Gasteiger charge is 2.17. The van der Waals surface area contributed by atoms with Crippen LogP contribution in [0.4, 0.5) is 0 Å². The van der Waals surface area contributed by atoms with Crippen molar-refractivity contribution in [3.63, 3.8) is 0 Å². The number of nitrogens with one attached hydrogen (secondary N) is 2. The Hall–Kier alpha value is -0.810. The van der Waals surface area contributed by atoms with Crippen LogP contribution in [0.15, 0.2) is 21.2 Å². The first-order chi connectivity index (χ1) is 7.77. The largest absolute Gasteiger partial charge is 0.458 e. The van der Waals surface area contributed by atoms with Gasteiger partial charge in [-0.3, -0.25) is 4.79 Å². The molecule has 0 bridgehead atoms. The van der Waals surface area contributed by atoms with Crippen LogP contribution in [0.3, 0.4) is 0 Å². The molecule has 0 saturated carbocycles. The van der Waals surface area contributed by atoms with Gasteiger partial charge in [-0.25, -0.2) is 0 Å². The highest BCUT2D eigenvalue weighted by Crippen LogP contribution is 2.17. The van der Waals surface area contributed by atoms with Crippen molar-refractivity contribution >= 4 is 21.8 Å². The van der Waals surface area contributed by atoms with E-state index >= 15 is 0 Å². The first-order valence-electron chi connectivity index (χ1n) is 5.49. The molecule has 4 nitrogen and oxygen atoms in total. The molecule has 1 aromatic rings. The SMILES string of the molecule is O=C(NCC1CCCNC1)c1occc1Br. The zero-order chi connectivity index (χ0) is 11.4. The fourth-order valence-corrected chi connectivity index (χ4v) is 2.25. The Bertz CT molecular complexity index is 359. The topological polar surface area (TPSA) is 54.3 Å². The van der Waals surface area contributed by atoms with Crippen molar-refractivity contribution < 1.29 is 9.21 Å². The summed E-state index contributed by atoms with van der Waals surface area (Å²) in [6.45, 7) is 2.78. The van der Waals surface area contributed by atoms with Crippen LogP contribution in [0.25, 0.3) is 0 Å². The molecule has 5 heteroatoms. The third-order valence-corrected chi connectivity index (χ3v) is 3.40. The maximum absolute atomic E-state index is 11.7. The van der Waals surface area contributed by atoms with Gasteiger partial charge in [-0.05, 0) is 53.8 Å². The van der Waals surface area contributed by atoms with Gasteiger partial charge in [-0.2, -0.15) is 0 Å². The lowest BCUT2D eigenvalue weighted by atomic mass is 10.00. The van der Waals surface area contributed by atoms with Crippen LogP contribution in [-0.4, -0.2) is 25.5 Å². The van der Waals surface area contributed by atoms with Gasteiger partial charge in [0.1, 0.15) is 0 Å². The summed E-state index contributed by atoms with van der Waals surface area (Å²) in [5.41, 5.74) is 0. The molecule has 2 heterocycles. The summed E-state index contributed by atoms with van der Waals surface area (Å²) in [6, 6.07) is 1.72. The Labute approximate surface area is 103 Å². The van der Waals surface area contributed by atoms with E-state index in [-0.39, 0.29) is 5.91 Å². The van der Waals surface area contributed by atoms with E-state index in [1.165, 1.54) is 19.1 Å². The molecule has 1 aliphatic heterocycles. The Kier molecular flexibility index (Phi) is 4.01. The van der Waals surface area contributed by atoms with E-state index in [1.807, 2.05) is 0 Å². The second-order valence-corrected chi connectivity index (χ2v) is 4.87. The van der Waals surface area contributed by atoms with Crippen molar-refractivity contribution in [1.82, 2.24) is 10.6 Å². The van der Waals surface area contributed by atoms with Crippen LogP contribution < -0.4 is 10.6 Å². The molecule has 0 radical (unpaired) electrons. The number of hydrogen-bond donors (Lipinski definition) is 2. The predicted molar refractivity (Wildman–Crippen MR) is 64.3 cm³/mol. The average molecular weight is 287 g/mol. The summed E-state index contributed by atoms with van der Waals surface area (Å²) in [6.07, 6.45) is 3.86. The molecule has 2 N–H and O–H groups in total. The van der Waals surface area contributed by atoms with Gasteiger partial charge in [0.15, 0.2) is 0 Å². The fourth-order valence-electron chi connectivity index (χ4n) is 1.87. The number of rotatable bonds is 3. The maximum atomic E-state index is 11.7. The van der Waals surface area contributed by atoms with Crippen molar-refractivity contribution in [3.05, 3.63) is 22.6 Å². The second kappa shape index (κ2) is 5.50. The van der Waals surface area contributed by atoms with E-state index in [2.05, 4.69) is 26.6 Å². The summed E-state index contributed by atoms with van der Waals surface area (Å²) in [5, 5.41) is 6.21. The van der Waals surface area contributed by atoms with Gasteiger partial charge >= 0.3 is 0 Å². The molecule has 0 spiro atoms. The number of furan rings is 1. The van der Waals surface area contributed by atoms with Crippen LogP contribution >= 0.6 is 15.9 Å². The first kappa shape index (κ1) is 11.7. The van der Waals surface area contributed by atoms with Gasteiger partial charge in [-0.15, -0.1) is 0 Å². The van der Waals surface area contributed by atoms with Crippen molar-refractivity contribution in [3.8, 4) is 0 Å². The lowest BCUT2D eigenvalue weighted by Gasteiger charge is -2.22. The Morgan fingerprint density at radius 3 is 3.19 bits per heavy atom. The third kappa shape index (κ3) is 2.86. The normalized spacial score (nSPS) is 20.7. The van der Waals surface area contributed by atoms with E-state index in [1.54, 1.807) is 6.07 Å². The van der Waals surface area contributed by atoms with Gasteiger partial charge in [0, 0.05) is 6.54 Å². The summed E-state index contributed by atoms with van der Waals surface area (Å²) < 4.78 is 5.79. The number of amides is 1. The lowest BCUT2D eigenvalue weighted by Crippen LogP contribution is -2.38. The molecule has 1 fully saturated rings. The number of piperidine rings is 1. The first-order valence-corrected chi connectivity index (χ1v) is 6.28. The lowest BCUT2D eigenvalue weighted by molar-refractivity contribution is 0.0916. The number of halogens is 1. The Morgan fingerprint density at radius 1 is 1.69 bits per heavy atom. The van der Waals surface area contributed by atoms with Crippen LogP contribution in [-0.2, 0) is 0 Å². The molecule has 0 aliphatic carbocycles. The molecule has 1 atom stereocenters. The quantitative estimate of drug-likeness (QED) is 0.891. The minimum Gasteiger partial charge on any atom is -0.458 e. The van der Waals surface area contributed by atoms with Gasteiger partial charge in [0.05, 0.1) is 10.7 Å². The van der Waals surface area contributed by atoms with Gasteiger partial charge in [0.2, 0.25) is 5.76 Å². The zero-order valence-corrected chi connectivity index (χ0v) is 10.5. The van der Waals surface area contributed by atoms with Gasteiger partial charge in [0.25, 0.3) is 5.91 Å². The van der Waals surface area contributed by atoms with E-state index in [4.69, 9.17) is 4.42 Å². The number of carbonyl (C=O) groups excluding carboxylic acids is 1. The highest BCUT2D eigenvalue weighted by atomic mass is 79.9. The molecule has 1 saturated heterocycles. The van der Waals surface area contributed by atoms with Crippen molar-refractivity contribution in [2.45, 2.75) is 12.8 Å². The van der Waals surface area contributed by atoms with Crippen LogP contribution in [0.2, 0.25) is 0 Å². The predicted octanol–water partition coefficient (Wildman–Crippen LogP) is 1.77. The molecule has 1 aliphatic rings. The summed E-state index contributed by atoms with van der Waals surface area (Å²) in [4.78, 5) is 11.7. The van der Waals surface area contributed by atoms with Crippen LogP contribution in [0.5, 0.6) is 0 Å². The molecular formula is C11H15BrN2O2. The van der Waals surface area contributed by atoms with Gasteiger partial charge < -0.3 is 15.1 Å². The number of carbonyl (C=O) groups is 1. The monoisotopic (exact) mass is 286 g/mol. The third-order valence-electron chi connectivity index (χ3n) is 2.77. The van der Waals surface area contributed by atoms with E-state index < -0.39 is 0 Å². The summed E-state index contributed by atoms with van der Waals surface area (Å²) in [5.74, 6) is 0.734. The minimum absolute atomic E-state index is 0.151. The second-order valence-electron chi connectivity index (χ2n) is 4.02. The standard InChI is InChI=1S/C11H15BrN2O2/c12-9-3-5-16-10(9)11(15)14-7-8-2-1-4-13-6-8/h3,5,8,13H,1-2,4,6-7H2,(H,14,15). The van der Waals surface area contributed by atoms with Crippen molar-refractivity contribution in [2.75, 3.05) is 19.6 Å². The Morgan fingerprint density at radius 2 is 2.56 bits per heavy atom. The maximum Gasteiger partial charge on any atom is 0.288 e. The highest BCUT2D eigenvalue weighted by molar-refractivity contribution is 9.10. The van der Waals surface area contributed by atoms with E-state index in [9.17, 15) is 4.79 Å². The molecular weight excluding hydrogens is 272 g/mol. The van der Waals surface area contributed by atoms with Crippen molar-refractivity contribution in [2.24, 2.45) is 5.92 Å². The molecule has 88 valence electrons. The molecule has 1 aromatic heterocycles. The summed E-state index contributed by atoms with van der Waals surface area (Å²) >= 11 is 3.27. The number of hydrogen-bond acceptors (Lipinski definition) is 3. The smallest absolute Gasteiger partial charge is 0.288 e. The minimum atomic E-state index is -0.151. The van der Waals surface area contributed by atoms with Gasteiger partial charge in [-0.1, -0.05) is 0 Å². The molecule has 1 unspecified atom stereocenters. The van der Waals surface area contributed by atoms with Crippen LogP contribution in [0, 0.1) is 5.92 Å². The molecule has 0 aromatic carbocycles. The van der Waals surface area contributed by atoms with Crippen LogP contribution in [0.1, 0.15) is 23.4 Å². The van der Waals surface area contributed by atoms with E-state index in [0.29, 0.717) is 22.7 Å². The molecule has 2 rings (SSSR count). The Balaban J connectivity index is 1.81. The zero-order valence-electron chi connectivity index (χ0n) is 8.96. The molecule has 1 amide bonds. The fraction of sp³-hybridized carbons (Fsp3) is 0.545. The van der Waals surface area contributed by atoms with Crippen molar-refractivity contribution in [1.29, 1.82) is 0 Å². The van der Waals surface area contributed by atoms with E-state index in [0.717, 1.165) is 13.1 Å². The molecule has 16 heavy (non-hydrogen) atoms.